The Morgan fingerprint density at radius 3 is 2.93 bits per heavy atom. The van der Waals surface area contributed by atoms with Crippen LogP contribution in [0.2, 0.25) is 0 Å². The Morgan fingerprint density at radius 2 is 2.40 bits per heavy atom. The first-order valence-electron chi connectivity index (χ1n) is 5.07. The third-order valence-electron chi connectivity index (χ3n) is 2.08. The van der Waals surface area contributed by atoms with E-state index in [1.807, 2.05) is 17.0 Å². The van der Waals surface area contributed by atoms with E-state index in [0.29, 0.717) is 13.1 Å². The first-order valence-corrected chi connectivity index (χ1v) is 5.07. The Hall–Kier alpha value is -1.29. The van der Waals surface area contributed by atoms with Crippen molar-refractivity contribution in [3.05, 3.63) is 24.2 Å². The van der Waals surface area contributed by atoms with Gasteiger partial charge in [0.05, 0.1) is 26.5 Å². The van der Waals surface area contributed by atoms with Gasteiger partial charge in [-0.1, -0.05) is 6.92 Å². The molecule has 1 heterocycles. The highest BCUT2D eigenvalue weighted by Crippen LogP contribution is 2.05. The topological polar surface area (TPSA) is 42.7 Å². The van der Waals surface area contributed by atoms with Crippen LogP contribution in [0.3, 0.4) is 0 Å². The maximum Gasteiger partial charge on any atom is 0.319 e. The number of carbonyl (C=O) groups is 1. The second kappa shape index (κ2) is 6.24. The van der Waals surface area contributed by atoms with Crippen molar-refractivity contribution < 1.29 is 13.9 Å². The number of ether oxygens (including phenoxy) is 1. The fraction of sp³-hybridized carbons (Fsp3) is 0.545. The van der Waals surface area contributed by atoms with Crippen LogP contribution in [0, 0.1) is 0 Å². The Balaban J connectivity index is 2.46. The minimum atomic E-state index is -0.213. The van der Waals surface area contributed by atoms with E-state index in [2.05, 4.69) is 11.7 Å². The van der Waals surface area contributed by atoms with Gasteiger partial charge in [0.25, 0.3) is 0 Å². The molecule has 0 amide bonds. The van der Waals surface area contributed by atoms with Crippen molar-refractivity contribution in [3.63, 3.8) is 0 Å². The van der Waals surface area contributed by atoms with Gasteiger partial charge in [-0.05, 0) is 25.1 Å². The molecule has 0 aliphatic rings. The molecule has 4 nitrogen and oxygen atoms in total. The number of carbonyl (C=O) groups excluding carboxylic acids is 1. The molecule has 0 saturated heterocycles. The molecule has 0 aliphatic carbocycles. The van der Waals surface area contributed by atoms with Gasteiger partial charge in [-0.2, -0.15) is 0 Å². The van der Waals surface area contributed by atoms with Crippen LogP contribution in [0.1, 0.15) is 19.1 Å². The second-order valence-electron chi connectivity index (χ2n) is 3.37. The largest absolute Gasteiger partial charge is 0.468 e. The number of nitrogens with zero attached hydrogens (tertiary/aromatic N) is 1. The van der Waals surface area contributed by atoms with Gasteiger partial charge < -0.3 is 9.15 Å². The zero-order valence-electron chi connectivity index (χ0n) is 9.23. The molecule has 0 fully saturated rings. The van der Waals surface area contributed by atoms with Crippen LogP contribution >= 0.6 is 0 Å². The zero-order valence-corrected chi connectivity index (χ0v) is 9.23. The van der Waals surface area contributed by atoms with Crippen molar-refractivity contribution in [2.45, 2.75) is 19.9 Å². The second-order valence-corrected chi connectivity index (χ2v) is 3.37. The average Bonchev–Trinajstić information content (AvgIpc) is 2.70. The molecule has 0 unspecified atom stereocenters. The molecule has 0 bridgehead atoms. The number of hydrogen-bond acceptors (Lipinski definition) is 4. The van der Waals surface area contributed by atoms with Gasteiger partial charge in [-0.25, -0.2) is 0 Å². The smallest absolute Gasteiger partial charge is 0.319 e. The van der Waals surface area contributed by atoms with Crippen LogP contribution in [-0.2, 0) is 16.1 Å². The van der Waals surface area contributed by atoms with Crippen LogP contribution in [-0.4, -0.2) is 31.1 Å². The Labute approximate surface area is 89.8 Å². The molecule has 1 aromatic rings. The van der Waals surface area contributed by atoms with Gasteiger partial charge in [0.15, 0.2) is 0 Å². The van der Waals surface area contributed by atoms with Gasteiger partial charge >= 0.3 is 5.97 Å². The highest BCUT2D eigenvalue weighted by atomic mass is 16.5. The van der Waals surface area contributed by atoms with Crippen LogP contribution in [0.5, 0.6) is 0 Å². The number of esters is 1. The minimum absolute atomic E-state index is 0.213. The Kier molecular flexibility index (Phi) is 4.90. The SMILES string of the molecule is CCCN(CC(=O)OC)Cc1ccco1. The van der Waals surface area contributed by atoms with Crippen LogP contribution in [0.15, 0.2) is 22.8 Å². The van der Waals surface area contributed by atoms with Gasteiger partial charge in [0, 0.05) is 0 Å². The maximum atomic E-state index is 11.1. The fourth-order valence-corrected chi connectivity index (χ4v) is 1.40. The van der Waals surface area contributed by atoms with Gasteiger partial charge in [0.1, 0.15) is 5.76 Å². The van der Waals surface area contributed by atoms with E-state index in [9.17, 15) is 4.79 Å². The lowest BCUT2D eigenvalue weighted by atomic mass is 10.3. The average molecular weight is 211 g/mol. The molecule has 84 valence electrons. The summed E-state index contributed by atoms with van der Waals surface area (Å²) in [5.74, 6) is 0.655. The molecule has 1 aromatic heterocycles. The molecular weight excluding hydrogens is 194 g/mol. The number of hydrogen-bond donors (Lipinski definition) is 0. The molecule has 0 aliphatic heterocycles. The number of furan rings is 1. The van der Waals surface area contributed by atoms with E-state index < -0.39 is 0 Å². The summed E-state index contributed by atoms with van der Waals surface area (Å²) in [6, 6.07) is 3.75. The van der Waals surface area contributed by atoms with E-state index in [4.69, 9.17) is 4.42 Å². The highest BCUT2D eigenvalue weighted by Gasteiger charge is 2.11. The Bertz CT molecular complexity index is 282. The summed E-state index contributed by atoms with van der Waals surface area (Å²) >= 11 is 0. The molecule has 15 heavy (non-hydrogen) atoms. The summed E-state index contributed by atoms with van der Waals surface area (Å²) in [6.45, 7) is 3.89. The van der Waals surface area contributed by atoms with Gasteiger partial charge in [-0.15, -0.1) is 0 Å². The van der Waals surface area contributed by atoms with Crippen molar-refractivity contribution in [3.8, 4) is 0 Å². The first-order chi connectivity index (χ1) is 7.26. The third-order valence-corrected chi connectivity index (χ3v) is 2.08. The molecule has 1 rings (SSSR count). The predicted octanol–water partition coefficient (Wildman–Crippen LogP) is 1.66. The fourth-order valence-electron chi connectivity index (χ4n) is 1.40. The summed E-state index contributed by atoms with van der Waals surface area (Å²) in [5.41, 5.74) is 0. The van der Waals surface area contributed by atoms with Crippen molar-refractivity contribution >= 4 is 5.97 Å². The van der Waals surface area contributed by atoms with Gasteiger partial charge in [0.2, 0.25) is 0 Å². The van der Waals surface area contributed by atoms with E-state index in [-0.39, 0.29) is 5.97 Å². The molecule has 4 heteroatoms. The molecule has 0 saturated carbocycles. The summed E-state index contributed by atoms with van der Waals surface area (Å²) in [6.07, 6.45) is 2.63. The van der Waals surface area contributed by atoms with Gasteiger partial charge in [-0.3, -0.25) is 9.69 Å². The molecule has 0 spiro atoms. The zero-order chi connectivity index (χ0) is 11.1. The van der Waals surface area contributed by atoms with Crippen LogP contribution in [0.25, 0.3) is 0 Å². The van der Waals surface area contributed by atoms with Crippen LogP contribution < -0.4 is 0 Å². The lowest BCUT2D eigenvalue weighted by molar-refractivity contribution is -0.142. The van der Waals surface area contributed by atoms with Crippen molar-refractivity contribution in [2.75, 3.05) is 20.2 Å². The quantitative estimate of drug-likeness (QED) is 0.671. The summed E-state index contributed by atoms with van der Waals surface area (Å²) < 4.78 is 9.87. The maximum absolute atomic E-state index is 11.1. The lowest BCUT2D eigenvalue weighted by Crippen LogP contribution is -2.30. The van der Waals surface area contributed by atoms with Crippen molar-refractivity contribution in [1.29, 1.82) is 0 Å². The number of methoxy groups -OCH3 is 1. The van der Waals surface area contributed by atoms with E-state index in [1.165, 1.54) is 7.11 Å². The lowest BCUT2D eigenvalue weighted by Gasteiger charge is -2.18. The Morgan fingerprint density at radius 1 is 1.60 bits per heavy atom. The monoisotopic (exact) mass is 211 g/mol. The standard InChI is InChI=1S/C11H17NO3/c1-3-6-12(9-11(13)14-2)8-10-5-4-7-15-10/h4-5,7H,3,6,8-9H2,1-2H3. The van der Waals surface area contributed by atoms with Crippen molar-refractivity contribution in [1.82, 2.24) is 4.90 Å². The summed E-state index contributed by atoms with van der Waals surface area (Å²) in [4.78, 5) is 13.1. The summed E-state index contributed by atoms with van der Waals surface area (Å²) in [5, 5.41) is 0. The molecule has 0 atom stereocenters. The van der Waals surface area contributed by atoms with Crippen molar-refractivity contribution in [2.24, 2.45) is 0 Å². The molecular formula is C11H17NO3. The third kappa shape index (κ3) is 4.16. The highest BCUT2D eigenvalue weighted by molar-refractivity contribution is 5.71. The van der Waals surface area contributed by atoms with Crippen LogP contribution in [0.4, 0.5) is 0 Å². The predicted molar refractivity (Wildman–Crippen MR) is 56.3 cm³/mol. The molecule has 0 aromatic carbocycles. The van der Waals surface area contributed by atoms with E-state index in [1.54, 1.807) is 6.26 Å². The first kappa shape index (κ1) is 11.8. The van der Waals surface area contributed by atoms with E-state index in [0.717, 1.165) is 18.7 Å². The normalized spacial score (nSPS) is 10.6. The molecule has 0 radical (unpaired) electrons. The van der Waals surface area contributed by atoms with E-state index >= 15 is 0 Å². The molecule has 0 N–H and O–H groups in total. The number of rotatable bonds is 6. The summed E-state index contributed by atoms with van der Waals surface area (Å²) in [7, 11) is 1.40. The minimum Gasteiger partial charge on any atom is -0.468 e.